The molecule has 3 heterocycles. The van der Waals surface area contributed by atoms with Gasteiger partial charge in [0.25, 0.3) is 5.91 Å². The number of carbonyl (C=O) groups is 1. The lowest BCUT2D eigenvalue weighted by atomic mass is 9.89. The first-order valence-electron chi connectivity index (χ1n) is 16.1. The van der Waals surface area contributed by atoms with Crippen LogP contribution in [0.3, 0.4) is 0 Å². The normalized spacial score (nSPS) is 23.0. The number of hydrogen-bond donors (Lipinski definition) is 3. The summed E-state index contributed by atoms with van der Waals surface area (Å²) in [6.45, 7) is 10.4. The number of benzene rings is 1. The predicted octanol–water partition coefficient (Wildman–Crippen LogP) is 6.25. The van der Waals surface area contributed by atoms with Crippen LogP contribution in [0.4, 0.5) is 23.2 Å². The van der Waals surface area contributed by atoms with Crippen LogP contribution in [0.15, 0.2) is 43.2 Å². The lowest BCUT2D eigenvalue weighted by molar-refractivity contribution is -0.0688. The molecule has 1 amide bonds. The molecule has 2 aromatic heterocycles. The first-order chi connectivity index (χ1) is 21.7. The molecule has 1 aliphatic heterocycles. The highest BCUT2D eigenvalue weighted by atomic mass is 19.4. The second-order valence-electron chi connectivity index (χ2n) is 13.6. The number of amides is 1. The summed E-state index contributed by atoms with van der Waals surface area (Å²) in [6.07, 6.45) is 1.54. The number of aromatic nitrogens is 3. The van der Waals surface area contributed by atoms with E-state index in [-0.39, 0.29) is 47.8 Å². The Morgan fingerprint density at radius 3 is 2.61 bits per heavy atom. The van der Waals surface area contributed by atoms with Crippen molar-refractivity contribution in [2.45, 2.75) is 102 Å². The van der Waals surface area contributed by atoms with Gasteiger partial charge in [0.1, 0.15) is 6.17 Å². The number of rotatable bonds is 9. The van der Waals surface area contributed by atoms with E-state index in [4.69, 9.17) is 0 Å². The molecule has 4 atom stereocenters. The molecule has 0 radical (unpaired) electrons. The molecule has 1 aromatic carbocycles. The maximum atomic E-state index is 15.6. The molecule has 46 heavy (non-hydrogen) atoms. The van der Waals surface area contributed by atoms with Crippen LogP contribution in [0.2, 0.25) is 0 Å². The molecule has 3 aromatic rings. The molecule has 1 saturated heterocycles. The van der Waals surface area contributed by atoms with Gasteiger partial charge >= 0.3 is 6.18 Å². The van der Waals surface area contributed by atoms with Crippen molar-refractivity contribution in [1.29, 1.82) is 0 Å². The molecule has 3 N–H and O–H groups in total. The number of pyridine rings is 1. The average molecular weight is 645 g/mol. The number of hydrogen-bond acceptors (Lipinski definition) is 6. The highest BCUT2D eigenvalue weighted by Gasteiger charge is 2.36. The Bertz CT molecular complexity index is 1550. The first-order valence-corrected chi connectivity index (χ1v) is 16.1. The van der Waals surface area contributed by atoms with E-state index >= 15 is 4.39 Å². The second kappa shape index (κ2) is 13.7. The van der Waals surface area contributed by atoms with Crippen LogP contribution in [0.1, 0.15) is 81.0 Å². The Morgan fingerprint density at radius 1 is 1.15 bits per heavy atom. The quantitative estimate of drug-likeness (QED) is 0.188. The number of likely N-dealkylation sites (tertiary alicyclic amines) is 1. The third-order valence-corrected chi connectivity index (χ3v) is 9.03. The van der Waals surface area contributed by atoms with E-state index in [0.717, 1.165) is 19.3 Å². The number of nitrogens with one attached hydrogen (secondary N) is 2. The van der Waals surface area contributed by atoms with Crippen molar-refractivity contribution in [3.05, 3.63) is 60.2 Å². The molecular weight excluding hydrogens is 600 g/mol. The van der Waals surface area contributed by atoms with Gasteiger partial charge in [0.15, 0.2) is 0 Å². The first kappa shape index (κ1) is 33.8. The third-order valence-electron chi connectivity index (χ3n) is 9.03. The summed E-state index contributed by atoms with van der Waals surface area (Å²) in [6, 6.07) is 6.36. The Balaban J connectivity index is 1.31. The Kier molecular flexibility index (Phi) is 10.1. The maximum absolute atomic E-state index is 15.6. The number of anilines is 1. The largest absolute Gasteiger partial charge is 0.417 e. The molecule has 2 fully saturated rings. The average Bonchev–Trinajstić information content (AvgIpc) is 3.51. The number of allylic oxidation sites excluding steroid dienone is 1. The summed E-state index contributed by atoms with van der Waals surface area (Å²) in [5, 5.41) is 21.3. The van der Waals surface area contributed by atoms with Gasteiger partial charge in [-0.15, -0.1) is 0 Å². The minimum absolute atomic E-state index is 0.163. The smallest absolute Gasteiger partial charge is 0.393 e. The molecule has 1 saturated carbocycles. The summed E-state index contributed by atoms with van der Waals surface area (Å²) in [5.41, 5.74) is -0.202. The lowest BCUT2D eigenvalue weighted by Crippen LogP contribution is -2.52. The fourth-order valence-corrected chi connectivity index (χ4v) is 6.42. The van der Waals surface area contributed by atoms with Crippen LogP contribution in [0, 0.1) is 0 Å². The van der Waals surface area contributed by atoms with Gasteiger partial charge in [0.2, 0.25) is 0 Å². The van der Waals surface area contributed by atoms with E-state index in [1.165, 1.54) is 6.20 Å². The number of halogens is 4. The highest BCUT2D eigenvalue weighted by molar-refractivity contribution is 6.00. The summed E-state index contributed by atoms with van der Waals surface area (Å²) in [4.78, 5) is 19.1. The lowest BCUT2D eigenvalue weighted by Gasteiger charge is -2.42. The zero-order valence-corrected chi connectivity index (χ0v) is 26.7. The van der Waals surface area contributed by atoms with E-state index in [0.29, 0.717) is 54.6 Å². The molecule has 2 aliphatic rings. The summed E-state index contributed by atoms with van der Waals surface area (Å²) in [5.74, 6) is -0.286. The van der Waals surface area contributed by atoms with Gasteiger partial charge < -0.3 is 15.7 Å². The molecule has 2 unspecified atom stereocenters. The molecule has 0 bridgehead atoms. The van der Waals surface area contributed by atoms with Crippen molar-refractivity contribution >= 4 is 27.9 Å². The zero-order chi connectivity index (χ0) is 33.2. The number of nitrogens with zero attached hydrogens (tertiary/aromatic N) is 4. The Labute approximate surface area is 267 Å². The third kappa shape index (κ3) is 7.88. The topological polar surface area (TPSA) is 95.3 Å². The van der Waals surface area contributed by atoms with E-state index < -0.39 is 24.0 Å². The van der Waals surface area contributed by atoms with Gasteiger partial charge in [0.05, 0.1) is 40.7 Å². The van der Waals surface area contributed by atoms with Crippen molar-refractivity contribution < 1.29 is 27.5 Å². The minimum atomic E-state index is -4.68. The van der Waals surface area contributed by atoms with Gasteiger partial charge in [-0.05, 0) is 77.8 Å². The minimum Gasteiger partial charge on any atom is -0.393 e. The zero-order valence-electron chi connectivity index (χ0n) is 26.7. The molecule has 8 nitrogen and oxygen atoms in total. The highest BCUT2D eigenvalue weighted by Crippen LogP contribution is 2.38. The fourth-order valence-electron chi connectivity index (χ4n) is 6.42. The van der Waals surface area contributed by atoms with Crippen molar-refractivity contribution in [1.82, 2.24) is 25.0 Å². The van der Waals surface area contributed by atoms with Gasteiger partial charge in [-0.3, -0.25) is 19.4 Å². The molecule has 1 aliphatic carbocycles. The van der Waals surface area contributed by atoms with Crippen LogP contribution < -0.4 is 10.6 Å². The van der Waals surface area contributed by atoms with Gasteiger partial charge in [-0.25, -0.2) is 4.39 Å². The van der Waals surface area contributed by atoms with Crippen molar-refractivity contribution in [2.24, 2.45) is 0 Å². The predicted molar refractivity (Wildman–Crippen MR) is 171 cm³/mol. The van der Waals surface area contributed by atoms with Crippen LogP contribution in [-0.2, 0) is 12.0 Å². The number of carbonyl (C=O) groups excluding carboxylic acids is 1. The standard InChI is InChI=1S/C34H44F4N6O2/c1-21(34(36,37)38)31-26-11-6-12-29(42-30-13-15-43(20-28(30)35)24-9-5-10-25(45)17-24)27(26)16-23(41-31)8-7-14-39-32(46)22-18-40-44(19-22)33(2,3)4/h6,11-12,16,18-19,24-25,28,30,42,45H,1,5,7-10,13-15,17,20H2,2-4H3,(H,39,46)/t24?,25?,28-,30+/m0/s1. The Hall–Kier alpha value is -3.51. The van der Waals surface area contributed by atoms with Crippen LogP contribution in [0.5, 0.6) is 0 Å². The Morgan fingerprint density at radius 2 is 1.93 bits per heavy atom. The maximum Gasteiger partial charge on any atom is 0.417 e. The van der Waals surface area contributed by atoms with E-state index in [1.54, 1.807) is 35.1 Å². The van der Waals surface area contributed by atoms with E-state index in [1.807, 2.05) is 20.8 Å². The molecular formula is C34H44F4N6O2. The van der Waals surface area contributed by atoms with Crippen LogP contribution in [-0.4, -0.2) is 80.8 Å². The number of piperidine rings is 1. The van der Waals surface area contributed by atoms with Crippen molar-refractivity contribution in [3.63, 3.8) is 0 Å². The van der Waals surface area contributed by atoms with Crippen molar-refractivity contribution in [2.75, 3.05) is 25.0 Å². The summed E-state index contributed by atoms with van der Waals surface area (Å²) in [7, 11) is 0. The fraction of sp³-hybridized carbons (Fsp3) is 0.559. The number of fused-ring (bicyclic) bond motifs is 1. The van der Waals surface area contributed by atoms with Gasteiger partial charge in [-0.2, -0.15) is 18.3 Å². The van der Waals surface area contributed by atoms with E-state index in [9.17, 15) is 23.1 Å². The monoisotopic (exact) mass is 644 g/mol. The van der Waals surface area contributed by atoms with Crippen LogP contribution in [0.25, 0.3) is 16.3 Å². The van der Waals surface area contributed by atoms with Crippen LogP contribution >= 0.6 is 0 Å². The molecule has 5 rings (SSSR count). The van der Waals surface area contributed by atoms with Gasteiger partial charge in [-0.1, -0.05) is 18.7 Å². The summed E-state index contributed by atoms with van der Waals surface area (Å²) < 4.78 is 58.9. The SMILES string of the molecule is C=C(c1nc(CCCNC(=O)c2cnn(C(C)(C)C)c2)cc2c(N[C@@H]3CCN(C4CCCC(O)C4)C[C@@H]3F)cccc12)C(F)(F)F. The second-order valence-corrected chi connectivity index (χ2v) is 13.6. The number of aryl methyl sites for hydroxylation is 1. The van der Waals surface area contributed by atoms with E-state index in [2.05, 4.69) is 32.2 Å². The number of aliphatic hydroxyl groups excluding tert-OH is 1. The van der Waals surface area contributed by atoms with Gasteiger partial charge in [0, 0.05) is 54.0 Å². The molecule has 250 valence electrons. The number of alkyl halides is 4. The van der Waals surface area contributed by atoms with Crippen molar-refractivity contribution in [3.8, 4) is 0 Å². The number of aliphatic hydroxyl groups is 1. The molecule has 12 heteroatoms. The molecule has 0 spiro atoms. The summed E-state index contributed by atoms with van der Waals surface area (Å²) >= 11 is 0.